The van der Waals surface area contributed by atoms with Crippen LogP contribution in [-0.4, -0.2) is 9.94 Å². The first kappa shape index (κ1) is 10.8. The maximum atomic E-state index is 12.9. The van der Waals surface area contributed by atoms with E-state index in [1.54, 1.807) is 0 Å². The summed E-state index contributed by atoms with van der Waals surface area (Å²) in [5, 5.41) is 29.3. The van der Waals surface area contributed by atoms with Crippen LogP contribution >= 0.6 is 0 Å². The van der Waals surface area contributed by atoms with Crippen LogP contribution in [0.1, 0.15) is 5.69 Å². The Labute approximate surface area is 91.7 Å². The molecule has 0 unspecified atom stereocenters. The quantitative estimate of drug-likeness (QED) is 0.398. The molecule has 0 atom stereocenters. The molecule has 1 aromatic heterocycles. The summed E-state index contributed by atoms with van der Waals surface area (Å²) in [7, 11) is 0. The highest BCUT2D eigenvalue weighted by molar-refractivity contribution is 5.71. The van der Waals surface area contributed by atoms with Gasteiger partial charge < -0.3 is 10.4 Å². The van der Waals surface area contributed by atoms with Crippen molar-refractivity contribution in [1.82, 2.24) is 4.73 Å². The second kappa shape index (κ2) is 3.41. The van der Waals surface area contributed by atoms with Crippen molar-refractivity contribution in [2.75, 3.05) is 0 Å². The number of nitrogens with zero attached hydrogens (tertiary/aromatic N) is 3. The molecule has 1 N–H and O–H groups in total. The monoisotopic (exact) mass is 239 g/mol. The predicted molar refractivity (Wildman–Crippen MR) is 49.0 cm³/mol. The predicted octanol–water partition coefficient (Wildman–Crippen LogP) is 0.0221. The fourth-order valence-electron chi connectivity index (χ4n) is 1.37. The molecule has 2 aromatic rings. The Hall–Kier alpha value is -2.69. The van der Waals surface area contributed by atoms with E-state index >= 15 is 0 Å². The minimum Gasteiger partial charge on any atom is -0.617 e. The molecule has 2 rings (SSSR count). The first-order valence-corrected chi connectivity index (χ1v) is 4.24. The van der Waals surface area contributed by atoms with Crippen molar-refractivity contribution in [2.45, 2.75) is 0 Å². The molecule has 17 heavy (non-hydrogen) atoms. The summed E-state index contributed by atoms with van der Waals surface area (Å²) in [6.45, 7) is 0. The first-order chi connectivity index (χ1) is 7.97. The standard InChI is InChI=1S/C9H3F2N3O3/c10-4-1-6-7(2-5(4)11)14(17)9(15)8(3-12)13(6)16/h1-2,17H. The number of fused-ring (bicyclic) bond motifs is 1. The van der Waals surface area contributed by atoms with Crippen LogP contribution in [0, 0.1) is 28.2 Å². The van der Waals surface area contributed by atoms with Crippen LogP contribution < -0.4 is 10.3 Å². The Bertz CT molecular complexity index is 733. The highest BCUT2D eigenvalue weighted by atomic mass is 19.2. The maximum Gasteiger partial charge on any atom is 0.368 e. The molecule has 1 aromatic carbocycles. The van der Waals surface area contributed by atoms with Crippen molar-refractivity contribution in [3.05, 3.63) is 45.0 Å². The van der Waals surface area contributed by atoms with E-state index in [1.807, 2.05) is 0 Å². The number of hydrogen-bond donors (Lipinski definition) is 1. The molecule has 0 saturated carbocycles. The van der Waals surface area contributed by atoms with Gasteiger partial charge in [-0.05, 0) is 0 Å². The average molecular weight is 239 g/mol. The van der Waals surface area contributed by atoms with Gasteiger partial charge in [0.2, 0.25) is 5.52 Å². The van der Waals surface area contributed by atoms with Gasteiger partial charge in [0.15, 0.2) is 23.2 Å². The van der Waals surface area contributed by atoms with Gasteiger partial charge in [0.25, 0.3) is 0 Å². The number of hydrogen-bond acceptors (Lipinski definition) is 4. The largest absolute Gasteiger partial charge is 0.617 e. The van der Waals surface area contributed by atoms with Gasteiger partial charge in [-0.2, -0.15) is 5.26 Å². The van der Waals surface area contributed by atoms with Crippen LogP contribution in [0.25, 0.3) is 11.0 Å². The molecule has 0 aliphatic carbocycles. The van der Waals surface area contributed by atoms with Gasteiger partial charge >= 0.3 is 11.3 Å². The lowest BCUT2D eigenvalue weighted by atomic mass is 10.2. The van der Waals surface area contributed by atoms with Crippen LogP contribution in [-0.2, 0) is 0 Å². The van der Waals surface area contributed by atoms with Crippen LogP contribution in [0.2, 0.25) is 0 Å². The van der Waals surface area contributed by atoms with Gasteiger partial charge in [0.05, 0.1) is 6.07 Å². The zero-order chi connectivity index (χ0) is 12.7. The van der Waals surface area contributed by atoms with E-state index in [2.05, 4.69) is 0 Å². The number of halogens is 2. The topological polar surface area (TPSA) is 93.0 Å². The lowest BCUT2D eigenvalue weighted by Gasteiger charge is -2.06. The number of rotatable bonds is 0. The third kappa shape index (κ3) is 1.37. The summed E-state index contributed by atoms with van der Waals surface area (Å²) in [4.78, 5) is 11.3. The van der Waals surface area contributed by atoms with Crippen molar-refractivity contribution < 1.29 is 18.7 Å². The van der Waals surface area contributed by atoms with Gasteiger partial charge in [0.1, 0.15) is 0 Å². The summed E-state index contributed by atoms with van der Waals surface area (Å²) >= 11 is 0. The second-order valence-corrected chi connectivity index (χ2v) is 3.13. The lowest BCUT2D eigenvalue weighted by molar-refractivity contribution is -0.582. The number of benzene rings is 1. The third-order valence-corrected chi connectivity index (χ3v) is 2.17. The van der Waals surface area contributed by atoms with E-state index in [9.17, 15) is 24.0 Å². The normalized spacial score (nSPS) is 10.4. The van der Waals surface area contributed by atoms with E-state index in [4.69, 9.17) is 5.26 Å². The van der Waals surface area contributed by atoms with Gasteiger partial charge in [0, 0.05) is 6.07 Å². The average Bonchev–Trinajstić information content (AvgIpc) is 2.30. The van der Waals surface area contributed by atoms with Gasteiger partial charge in [-0.25, -0.2) is 8.78 Å². The summed E-state index contributed by atoms with van der Waals surface area (Å²) < 4.78 is 25.6. The van der Waals surface area contributed by atoms with Crippen molar-refractivity contribution in [3.8, 4) is 6.07 Å². The third-order valence-electron chi connectivity index (χ3n) is 2.17. The second-order valence-electron chi connectivity index (χ2n) is 3.13. The molecule has 0 amide bonds. The summed E-state index contributed by atoms with van der Waals surface area (Å²) in [5.41, 5.74) is -3.29. The van der Waals surface area contributed by atoms with Crippen molar-refractivity contribution in [2.24, 2.45) is 0 Å². The molecule has 0 spiro atoms. The Morgan fingerprint density at radius 3 is 2.59 bits per heavy atom. The summed E-state index contributed by atoms with van der Waals surface area (Å²) in [6, 6.07) is 2.25. The first-order valence-electron chi connectivity index (χ1n) is 4.24. The number of nitriles is 1. The Balaban J connectivity index is 3.11. The maximum absolute atomic E-state index is 12.9. The molecule has 86 valence electrons. The molecule has 6 nitrogen and oxygen atoms in total. The van der Waals surface area contributed by atoms with Crippen molar-refractivity contribution in [1.29, 1.82) is 5.26 Å². The molecule has 1 heterocycles. The van der Waals surface area contributed by atoms with E-state index in [-0.39, 0.29) is 9.46 Å². The highest BCUT2D eigenvalue weighted by Gasteiger charge is 2.22. The van der Waals surface area contributed by atoms with Crippen LogP contribution in [0.4, 0.5) is 8.78 Å². The molecule has 0 bridgehead atoms. The molecular formula is C9H3F2N3O3. The molecule has 0 fully saturated rings. The fourth-order valence-corrected chi connectivity index (χ4v) is 1.37. The molecule has 0 aliphatic heterocycles. The van der Waals surface area contributed by atoms with E-state index in [0.717, 1.165) is 0 Å². The summed E-state index contributed by atoms with van der Waals surface area (Å²) in [6.07, 6.45) is 0. The highest BCUT2D eigenvalue weighted by Crippen LogP contribution is 2.13. The van der Waals surface area contributed by atoms with Gasteiger partial charge in [-0.1, -0.05) is 0 Å². The minimum absolute atomic E-state index is 0.0786. The molecule has 0 aliphatic rings. The van der Waals surface area contributed by atoms with E-state index in [0.29, 0.717) is 12.1 Å². The Morgan fingerprint density at radius 2 is 2.00 bits per heavy atom. The molecular weight excluding hydrogens is 236 g/mol. The smallest absolute Gasteiger partial charge is 0.368 e. The van der Waals surface area contributed by atoms with E-state index < -0.39 is 33.9 Å². The van der Waals surface area contributed by atoms with Crippen LogP contribution in [0.15, 0.2) is 16.9 Å². The van der Waals surface area contributed by atoms with Crippen molar-refractivity contribution in [3.63, 3.8) is 0 Å². The van der Waals surface area contributed by atoms with Crippen molar-refractivity contribution >= 4 is 11.0 Å². The SMILES string of the molecule is N#Cc1c(=O)n(O)c2cc(F)c(F)cc2[n+]1[O-]. The van der Waals surface area contributed by atoms with E-state index in [1.165, 1.54) is 6.07 Å². The zero-order valence-electron chi connectivity index (χ0n) is 8.02. The van der Waals surface area contributed by atoms with Crippen LogP contribution in [0.5, 0.6) is 0 Å². The molecule has 8 heteroatoms. The summed E-state index contributed by atoms with van der Waals surface area (Å²) in [5.74, 6) is -2.66. The van der Waals surface area contributed by atoms with Gasteiger partial charge in [-0.15, -0.1) is 9.46 Å². The molecule has 0 radical (unpaired) electrons. The number of aromatic nitrogens is 2. The molecule has 0 saturated heterocycles. The van der Waals surface area contributed by atoms with Crippen LogP contribution in [0.3, 0.4) is 0 Å². The minimum atomic E-state index is -1.33. The lowest BCUT2D eigenvalue weighted by Crippen LogP contribution is -2.42. The Kier molecular flexibility index (Phi) is 2.17. The van der Waals surface area contributed by atoms with Gasteiger partial charge in [-0.3, -0.25) is 4.79 Å². The zero-order valence-corrected chi connectivity index (χ0v) is 8.02. The fraction of sp³-hybridized carbons (Fsp3) is 0. The Morgan fingerprint density at radius 1 is 1.41 bits per heavy atom.